The molecule has 2 aliphatic heterocycles. The molecule has 1 aromatic rings. The number of benzene rings is 1. The number of fused-ring (bicyclic) bond motifs is 2. The molecule has 1 N–H and O–H groups in total. The fourth-order valence-electron chi connectivity index (χ4n) is 2.86. The van der Waals surface area contributed by atoms with Gasteiger partial charge < -0.3 is 5.32 Å². The quantitative estimate of drug-likeness (QED) is 0.799. The molecule has 92 valence electrons. The minimum Gasteiger partial charge on any atom is -0.384 e. The summed E-state index contributed by atoms with van der Waals surface area (Å²) in [4.78, 5) is 0. The first-order chi connectivity index (χ1) is 8.01. The van der Waals surface area contributed by atoms with Crippen LogP contribution in [0.15, 0.2) is 22.7 Å². The summed E-state index contributed by atoms with van der Waals surface area (Å²) >= 11 is 3.46. The lowest BCUT2D eigenvalue weighted by atomic mass is 9.77. The summed E-state index contributed by atoms with van der Waals surface area (Å²) in [6.07, 6.45) is 1.49. The largest absolute Gasteiger partial charge is 0.384 e. The molecular formula is C12H14BrNO2S. The molecule has 0 bridgehead atoms. The highest BCUT2D eigenvalue weighted by molar-refractivity contribution is 9.10. The predicted octanol–water partition coefficient (Wildman–Crippen LogP) is 2.32. The first kappa shape index (κ1) is 11.5. The van der Waals surface area contributed by atoms with Gasteiger partial charge in [-0.3, -0.25) is 0 Å². The average molecular weight is 316 g/mol. The number of nitrogens with one attached hydrogen (secondary N) is 1. The van der Waals surface area contributed by atoms with Crippen LogP contribution in [0.3, 0.4) is 0 Å². The van der Waals surface area contributed by atoms with Gasteiger partial charge in [0.25, 0.3) is 0 Å². The summed E-state index contributed by atoms with van der Waals surface area (Å²) in [6, 6.07) is 6.24. The van der Waals surface area contributed by atoms with Gasteiger partial charge in [0.05, 0.1) is 11.5 Å². The topological polar surface area (TPSA) is 46.2 Å². The Morgan fingerprint density at radius 1 is 1.24 bits per heavy atom. The smallest absolute Gasteiger partial charge is 0.150 e. The summed E-state index contributed by atoms with van der Waals surface area (Å²) in [5.41, 5.74) is 2.48. The molecule has 2 aliphatic rings. The highest BCUT2D eigenvalue weighted by Gasteiger charge is 2.43. The Kier molecular flexibility index (Phi) is 2.52. The third kappa shape index (κ3) is 1.89. The molecule has 0 atom stereocenters. The summed E-state index contributed by atoms with van der Waals surface area (Å²) in [5.74, 6) is 0.647. The standard InChI is InChI=1S/C12H14BrNO2S/c13-9-1-2-10-11(7-9)14-8-12(10)3-5-17(15,16)6-4-12/h1-2,7,14H,3-6,8H2. The van der Waals surface area contributed by atoms with Crippen LogP contribution in [0.1, 0.15) is 18.4 Å². The van der Waals surface area contributed by atoms with Crippen molar-refractivity contribution < 1.29 is 8.42 Å². The van der Waals surface area contributed by atoms with Gasteiger partial charge in [-0.15, -0.1) is 0 Å². The molecule has 1 aromatic carbocycles. The van der Waals surface area contributed by atoms with Gasteiger partial charge in [0, 0.05) is 22.1 Å². The fourth-order valence-corrected chi connectivity index (χ4v) is 4.83. The number of hydrogen-bond acceptors (Lipinski definition) is 3. The zero-order valence-electron chi connectivity index (χ0n) is 9.37. The Labute approximate surface area is 110 Å². The maximum atomic E-state index is 11.5. The molecule has 1 fully saturated rings. The van der Waals surface area contributed by atoms with Crippen LogP contribution in [0.4, 0.5) is 5.69 Å². The van der Waals surface area contributed by atoms with Crippen molar-refractivity contribution >= 4 is 31.5 Å². The summed E-state index contributed by atoms with van der Waals surface area (Å²) in [7, 11) is -2.79. The third-order valence-corrected chi connectivity index (χ3v) is 6.10. The van der Waals surface area contributed by atoms with Gasteiger partial charge in [0.1, 0.15) is 9.84 Å². The molecule has 3 nitrogen and oxygen atoms in total. The van der Waals surface area contributed by atoms with Crippen LogP contribution in [-0.2, 0) is 15.3 Å². The van der Waals surface area contributed by atoms with Gasteiger partial charge >= 0.3 is 0 Å². The van der Waals surface area contributed by atoms with E-state index in [4.69, 9.17) is 0 Å². The van der Waals surface area contributed by atoms with E-state index in [1.54, 1.807) is 0 Å². The first-order valence-corrected chi connectivity index (χ1v) is 8.37. The molecular weight excluding hydrogens is 302 g/mol. The molecule has 1 saturated heterocycles. The van der Waals surface area contributed by atoms with Gasteiger partial charge in [0.15, 0.2) is 0 Å². The molecule has 17 heavy (non-hydrogen) atoms. The second-order valence-electron chi connectivity index (χ2n) is 4.98. The van der Waals surface area contributed by atoms with Crippen LogP contribution in [-0.4, -0.2) is 26.5 Å². The van der Waals surface area contributed by atoms with Crippen molar-refractivity contribution in [3.05, 3.63) is 28.2 Å². The Morgan fingerprint density at radius 3 is 2.65 bits per heavy atom. The van der Waals surface area contributed by atoms with E-state index in [0.29, 0.717) is 11.5 Å². The van der Waals surface area contributed by atoms with E-state index >= 15 is 0 Å². The Hall–Kier alpha value is -0.550. The third-order valence-electron chi connectivity index (χ3n) is 3.95. The number of rotatable bonds is 0. The van der Waals surface area contributed by atoms with E-state index in [-0.39, 0.29) is 5.41 Å². The van der Waals surface area contributed by atoms with Crippen LogP contribution >= 0.6 is 15.9 Å². The second kappa shape index (κ2) is 3.72. The summed E-state index contributed by atoms with van der Waals surface area (Å²) in [5, 5.41) is 3.40. The van der Waals surface area contributed by atoms with Crippen molar-refractivity contribution in [3.63, 3.8) is 0 Å². The molecule has 2 heterocycles. The fraction of sp³-hybridized carbons (Fsp3) is 0.500. The predicted molar refractivity (Wildman–Crippen MR) is 72.2 cm³/mol. The molecule has 0 aromatic heterocycles. The summed E-state index contributed by atoms with van der Waals surface area (Å²) < 4.78 is 24.1. The second-order valence-corrected chi connectivity index (χ2v) is 8.19. The Morgan fingerprint density at radius 2 is 1.94 bits per heavy atom. The average Bonchev–Trinajstić information content (AvgIpc) is 2.62. The highest BCUT2D eigenvalue weighted by atomic mass is 79.9. The maximum absolute atomic E-state index is 11.5. The van der Waals surface area contributed by atoms with E-state index in [2.05, 4.69) is 33.4 Å². The van der Waals surface area contributed by atoms with Crippen molar-refractivity contribution in [2.75, 3.05) is 23.4 Å². The van der Waals surface area contributed by atoms with Gasteiger partial charge in [0.2, 0.25) is 0 Å². The van der Waals surface area contributed by atoms with Crippen molar-refractivity contribution in [3.8, 4) is 0 Å². The number of anilines is 1. The molecule has 0 unspecified atom stereocenters. The lowest BCUT2D eigenvalue weighted by Crippen LogP contribution is -2.38. The summed E-state index contributed by atoms with van der Waals surface area (Å²) in [6.45, 7) is 0.869. The SMILES string of the molecule is O=S1(=O)CCC2(CC1)CNc1cc(Br)ccc12. The van der Waals surface area contributed by atoms with E-state index in [9.17, 15) is 8.42 Å². The number of sulfone groups is 1. The van der Waals surface area contributed by atoms with E-state index in [1.165, 1.54) is 5.56 Å². The molecule has 0 aliphatic carbocycles. The normalized spacial score (nSPS) is 24.3. The molecule has 5 heteroatoms. The van der Waals surface area contributed by atoms with Crippen LogP contribution in [0.25, 0.3) is 0 Å². The molecule has 0 amide bonds. The lowest BCUT2D eigenvalue weighted by molar-refractivity contribution is 0.418. The van der Waals surface area contributed by atoms with Gasteiger partial charge in [-0.1, -0.05) is 22.0 Å². The van der Waals surface area contributed by atoms with Gasteiger partial charge in [-0.2, -0.15) is 0 Å². The van der Waals surface area contributed by atoms with E-state index < -0.39 is 9.84 Å². The Bertz CT molecular complexity index is 554. The molecule has 0 saturated carbocycles. The number of hydrogen-bond donors (Lipinski definition) is 1. The van der Waals surface area contributed by atoms with Crippen LogP contribution in [0, 0.1) is 0 Å². The van der Waals surface area contributed by atoms with Crippen molar-refractivity contribution in [2.45, 2.75) is 18.3 Å². The zero-order chi connectivity index (χ0) is 12.1. The number of halogens is 1. The first-order valence-electron chi connectivity index (χ1n) is 5.75. The van der Waals surface area contributed by atoms with Crippen LogP contribution in [0.2, 0.25) is 0 Å². The zero-order valence-corrected chi connectivity index (χ0v) is 11.8. The molecule has 0 radical (unpaired) electrons. The van der Waals surface area contributed by atoms with Crippen LogP contribution in [0.5, 0.6) is 0 Å². The van der Waals surface area contributed by atoms with E-state index in [1.807, 2.05) is 6.07 Å². The van der Waals surface area contributed by atoms with E-state index in [0.717, 1.165) is 29.5 Å². The minimum absolute atomic E-state index is 0.0430. The monoisotopic (exact) mass is 315 g/mol. The van der Waals surface area contributed by atoms with Gasteiger partial charge in [-0.05, 0) is 30.5 Å². The van der Waals surface area contributed by atoms with Crippen molar-refractivity contribution in [1.29, 1.82) is 0 Å². The van der Waals surface area contributed by atoms with Crippen LogP contribution < -0.4 is 5.32 Å². The maximum Gasteiger partial charge on any atom is 0.150 e. The highest BCUT2D eigenvalue weighted by Crippen LogP contribution is 2.45. The van der Waals surface area contributed by atoms with Crippen molar-refractivity contribution in [2.24, 2.45) is 0 Å². The minimum atomic E-state index is -2.79. The lowest BCUT2D eigenvalue weighted by Gasteiger charge is -2.33. The molecule has 3 rings (SSSR count). The Balaban J connectivity index is 1.98. The molecule has 1 spiro atoms. The van der Waals surface area contributed by atoms with Gasteiger partial charge in [-0.25, -0.2) is 8.42 Å². The van der Waals surface area contributed by atoms with Crippen molar-refractivity contribution in [1.82, 2.24) is 0 Å².